The Balaban J connectivity index is 2.69. The largest absolute Gasteiger partial charge is 0.465 e. The molecule has 0 bridgehead atoms. The number of amides is 1. The first-order valence-electron chi connectivity index (χ1n) is 6.02. The Morgan fingerprint density at radius 3 is 2.26 bits per heavy atom. The quantitative estimate of drug-likeness (QED) is 0.663. The molecule has 0 radical (unpaired) electrons. The standard InChI is InChI=1S/C10H18N2O6S/c1-3-17-9(13)7-12(8-5-6-8)19(15,16)11-10(14)18-4-2/h8H,3-7H2,1-2H3,(H,11,14). The van der Waals surface area contributed by atoms with Gasteiger partial charge in [0.2, 0.25) is 0 Å². The summed E-state index contributed by atoms with van der Waals surface area (Å²) >= 11 is 0. The van der Waals surface area contributed by atoms with Gasteiger partial charge in [-0.05, 0) is 26.7 Å². The highest BCUT2D eigenvalue weighted by Gasteiger charge is 2.39. The summed E-state index contributed by atoms with van der Waals surface area (Å²) in [5.41, 5.74) is 0. The normalized spacial score (nSPS) is 15.1. The maximum absolute atomic E-state index is 11.9. The van der Waals surface area contributed by atoms with Crippen molar-refractivity contribution in [1.82, 2.24) is 9.03 Å². The minimum absolute atomic E-state index is 0.0582. The van der Waals surface area contributed by atoms with Gasteiger partial charge in [0.1, 0.15) is 6.54 Å². The van der Waals surface area contributed by atoms with Crippen LogP contribution in [0.1, 0.15) is 26.7 Å². The summed E-state index contributed by atoms with van der Waals surface area (Å²) in [5, 5.41) is 0. The number of carbonyl (C=O) groups excluding carboxylic acids is 2. The number of nitrogens with zero attached hydrogens (tertiary/aromatic N) is 1. The van der Waals surface area contributed by atoms with Crippen molar-refractivity contribution in [3.8, 4) is 0 Å². The van der Waals surface area contributed by atoms with Crippen molar-refractivity contribution < 1.29 is 27.5 Å². The van der Waals surface area contributed by atoms with Crippen LogP contribution in [0.5, 0.6) is 0 Å². The smallest absolute Gasteiger partial charge is 0.421 e. The van der Waals surface area contributed by atoms with E-state index in [0.29, 0.717) is 12.8 Å². The topological polar surface area (TPSA) is 102 Å². The molecule has 8 nitrogen and oxygen atoms in total. The molecule has 1 aliphatic carbocycles. The van der Waals surface area contributed by atoms with Crippen molar-refractivity contribution in [2.24, 2.45) is 0 Å². The molecule has 0 spiro atoms. The highest BCUT2D eigenvalue weighted by atomic mass is 32.2. The van der Waals surface area contributed by atoms with Gasteiger partial charge in [-0.15, -0.1) is 0 Å². The summed E-state index contributed by atoms with van der Waals surface area (Å²) in [4.78, 5) is 22.5. The Bertz CT molecular complexity index is 431. The van der Waals surface area contributed by atoms with Gasteiger partial charge in [0.25, 0.3) is 0 Å². The Labute approximate surface area is 112 Å². The Kier molecular flexibility index (Phi) is 5.55. The molecule has 1 fully saturated rings. The zero-order chi connectivity index (χ0) is 14.5. The summed E-state index contributed by atoms with van der Waals surface area (Å²) in [6, 6.07) is -0.267. The highest BCUT2D eigenvalue weighted by Crippen LogP contribution is 2.28. The lowest BCUT2D eigenvalue weighted by atomic mass is 10.6. The van der Waals surface area contributed by atoms with Crippen LogP contribution in [0.15, 0.2) is 0 Å². The van der Waals surface area contributed by atoms with Crippen molar-refractivity contribution in [3.05, 3.63) is 0 Å². The summed E-state index contributed by atoms with van der Waals surface area (Å²) < 4.78 is 35.8. The van der Waals surface area contributed by atoms with Gasteiger partial charge in [-0.3, -0.25) is 4.79 Å². The van der Waals surface area contributed by atoms with Gasteiger partial charge in [-0.25, -0.2) is 9.52 Å². The fourth-order valence-corrected chi connectivity index (χ4v) is 2.70. The number of carbonyl (C=O) groups is 2. The minimum atomic E-state index is -4.09. The van der Waals surface area contributed by atoms with Crippen LogP contribution in [0.4, 0.5) is 4.79 Å². The van der Waals surface area contributed by atoms with E-state index in [1.807, 2.05) is 0 Å². The molecular weight excluding hydrogens is 276 g/mol. The fraction of sp³-hybridized carbons (Fsp3) is 0.800. The monoisotopic (exact) mass is 294 g/mol. The van der Waals surface area contributed by atoms with E-state index in [1.165, 1.54) is 0 Å². The third-order valence-electron chi connectivity index (χ3n) is 2.34. The van der Waals surface area contributed by atoms with E-state index in [1.54, 1.807) is 18.6 Å². The number of hydrogen-bond donors (Lipinski definition) is 1. The van der Waals surface area contributed by atoms with Crippen LogP contribution < -0.4 is 4.72 Å². The molecule has 0 aromatic rings. The molecular formula is C10H18N2O6S. The van der Waals surface area contributed by atoms with Crippen LogP contribution in [0, 0.1) is 0 Å². The first-order chi connectivity index (χ1) is 8.90. The second kappa shape index (κ2) is 6.71. The number of hydrogen-bond acceptors (Lipinski definition) is 6. The number of ether oxygens (including phenoxy) is 2. The van der Waals surface area contributed by atoms with Gasteiger partial charge in [0.15, 0.2) is 0 Å². The molecule has 0 aliphatic heterocycles. The van der Waals surface area contributed by atoms with Crippen molar-refractivity contribution in [3.63, 3.8) is 0 Å². The first-order valence-corrected chi connectivity index (χ1v) is 7.46. The van der Waals surface area contributed by atoms with Crippen LogP contribution in [0.25, 0.3) is 0 Å². The van der Waals surface area contributed by atoms with Gasteiger partial charge in [-0.2, -0.15) is 12.7 Å². The zero-order valence-corrected chi connectivity index (χ0v) is 11.7. The lowest BCUT2D eigenvalue weighted by molar-refractivity contribution is -0.143. The molecule has 19 heavy (non-hydrogen) atoms. The number of esters is 1. The van der Waals surface area contributed by atoms with Gasteiger partial charge < -0.3 is 9.47 Å². The lowest BCUT2D eigenvalue weighted by Gasteiger charge is -2.20. The Morgan fingerprint density at radius 2 is 1.79 bits per heavy atom. The van der Waals surface area contributed by atoms with Crippen LogP contribution in [-0.4, -0.2) is 50.6 Å². The highest BCUT2D eigenvalue weighted by molar-refractivity contribution is 7.87. The fourth-order valence-electron chi connectivity index (χ4n) is 1.43. The van der Waals surface area contributed by atoms with Gasteiger partial charge >= 0.3 is 22.3 Å². The molecule has 1 aliphatic rings. The molecule has 0 aromatic heterocycles. The zero-order valence-electron chi connectivity index (χ0n) is 10.9. The summed E-state index contributed by atoms with van der Waals surface area (Å²) in [6.07, 6.45) is 0.253. The molecule has 1 rings (SSSR count). The average molecular weight is 294 g/mol. The summed E-state index contributed by atoms with van der Waals surface area (Å²) in [5.74, 6) is -0.649. The van der Waals surface area contributed by atoms with Crippen LogP contribution in [-0.2, 0) is 24.5 Å². The molecule has 1 N–H and O–H groups in total. The van der Waals surface area contributed by atoms with E-state index in [4.69, 9.17) is 4.74 Å². The SMILES string of the molecule is CCOC(=O)CN(C1CC1)S(=O)(=O)NC(=O)OCC. The van der Waals surface area contributed by atoms with E-state index in [0.717, 1.165) is 4.31 Å². The summed E-state index contributed by atoms with van der Waals surface area (Å²) in [7, 11) is -4.09. The Morgan fingerprint density at radius 1 is 1.21 bits per heavy atom. The van der Waals surface area contributed by atoms with E-state index in [-0.39, 0.29) is 19.3 Å². The molecule has 0 atom stereocenters. The second-order valence-electron chi connectivity index (χ2n) is 3.91. The molecule has 0 saturated heterocycles. The third-order valence-corrected chi connectivity index (χ3v) is 3.81. The van der Waals surface area contributed by atoms with Crippen molar-refractivity contribution in [1.29, 1.82) is 0 Å². The van der Waals surface area contributed by atoms with Crippen molar-refractivity contribution in [2.75, 3.05) is 19.8 Å². The lowest BCUT2D eigenvalue weighted by Crippen LogP contribution is -2.47. The maximum Gasteiger partial charge on any atom is 0.421 e. The van der Waals surface area contributed by atoms with Crippen LogP contribution in [0.2, 0.25) is 0 Å². The van der Waals surface area contributed by atoms with Crippen LogP contribution >= 0.6 is 0 Å². The molecule has 1 saturated carbocycles. The van der Waals surface area contributed by atoms with E-state index < -0.39 is 28.8 Å². The van der Waals surface area contributed by atoms with E-state index in [9.17, 15) is 18.0 Å². The maximum atomic E-state index is 11.9. The van der Waals surface area contributed by atoms with Crippen molar-refractivity contribution in [2.45, 2.75) is 32.7 Å². The van der Waals surface area contributed by atoms with Gasteiger partial charge in [0, 0.05) is 6.04 Å². The van der Waals surface area contributed by atoms with E-state index in [2.05, 4.69) is 4.74 Å². The molecule has 110 valence electrons. The first kappa shape index (κ1) is 15.7. The van der Waals surface area contributed by atoms with Gasteiger partial charge in [0.05, 0.1) is 13.2 Å². The molecule has 0 unspecified atom stereocenters. The van der Waals surface area contributed by atoms with Gasteiger partial charge in [-0.1, -0.05) is 0 Å². The third kappa shape index (κ3) is 5.03. The molecule has 1 amide bonds. The molecule has 0 aromatic carbocycles. The average Bonchev–Trinajstić information content (AvgIpc) is 3.09. The van der Waals surface area contributed by atoms with Crippen LogP contribution in [0.3, 0.4) is 0 Å². The number of nitrogens with one attached hydrogen (secondary N) is 1. The minimum Gasteiger partial charge on any atom is -0.465 e. The Hall–Kier alpha value is -1.35. The number of rotatable bonds is 7. The van der Waals surface area contributed by atoms with E-state index >= 15 is 0 Å². The predicted octanol–water partition coefficient (Wildman–Crippen LogP) is 0.00480. The molecule has 9 heteroatoms. The summed E-state index contributed by atoms with van der Waals surface area (Å²) in [6.45, 7) is 3.01. The second-order valence-corrected chi connectivity index (χ2v) is 5.53. The predicted molar refractivity (Wildman–Crippen MR) is 65.4 cm³/mol. The molecule has 0 heterocycles. The van der Waals surface area contributed by atoms with Crippen molar-refractivity contribution >= 4 is 22.3 Å².